The van der Waals surface area contributed by atoms with E-state index in [4.69, 9.17) is 5.73 Å². The van der Waals surface area contributed by atoms with Gasteiger partial charge in [0.05, 0.1) is 0 Å². The van der Waals surface area contributed by atoms with Crippen molar-refractivity contribution in [2.45, 2.75) is 39.0 Å². The number of hydrogen-bond donors (Lipinski definition) is 3. The molecule has 0 amide bonds. The molecule has 0 aromatic carbocycles. The van der Waals surface area contributed by atoms with Crippen molar-refractivity contribution in [1.82, 2.24) is 9.97 Å². The summed E-state index contributed by atoms with van der Waals surface area (Å²) in [6.07, 6.45) is 6.46. The molecule has 0 unspecified atom stereocenters. The predicted molar refractivity (Wildman–Crippen MR) is 75.7 cm³/mol. The number of anilines is 3. The molecule has 1 aromatic heterocycles. The second kappa shape index (κ2) is 6.42. The fourth-order valence-electron chi connectivity index (χ4n) is 2.09. The van der Waals surface area contributed by atoms with E-state index in [0.29, 0.717) is 5.95 Å². The molecule has 5 nitrogen and oxygen atoms in total. The Morgan fingerprint density at radius 1 is 1.22 bits per heavy atom. The number of hydrogen-bond acceptors (Lipinski definition) is 5. The van der Waals surface area contributed by atoms with Gasteiger partial charge in [-0.05, 0) is 18.8 Å². The van der Waals surface area contributed by atoms with E-state index in [9.17, 15) is 0 Å². The van der Waals surface area contributed by atoms with Gasteiger partial charge in [-0.2, -0.15) is 9.97 Å². The lowest BCUT2D eigenvalue weighted by atomic mass is 9.83. The van der Waals surface area contributed by atoms with Gasteiger partial charge in [-0.3, -0.25) is 0 Å². The molecule has 0 atom stereocenters. The van der Waals surface area contributed by atoms with E-state index in [-0.39, 0.29) is 0 Å². The van der Waals surface area contributed by atoms with E-state index in [2.05, 4.69) is 27.5 Å². The summed E-state index contributed by atoms with van der Waals surface area (Å²) in [6, 6.07) is 1.92. The Hall–Kier alpha value is -1.52. The standard InChI is InChI=1S/C13H23N5/c1-2-7-15-11-9-12(18-13(14)17-11)16-8-6-10-4-3-5-10/h9-10H,2-8H2,1H3,(H4,14,15,16,17,18). The van der Waals surface area contributed by atoms with Crippen LogP contribution in [0.4, 0.5) is 17.6 Å². The average molecular weight is 249 g/mol. The van der Waals surface area contributed by atoms with Gasteiger partial charge in [0, 0.05) is 19.2 Å². The molecule has 2 rings (SSSR count). The van der Waals surface area contributed by atoms with E-state index in [0.717, 1.165) is 37.1 Å². The fourth-order valence-corrected chi connectivity index (χ4v) is 2.09. The van der Waals surface area contributed by atoms with Crippen LogP contribution in [0.1, 0.15) is 39.0 Å². The first-order valence-electron chi connectivity index (χ1n) is 6.90. The van der Waals surface area contributed by atoms with Crippen molar-refractivity contribution < 1.29 is 0 Å². The minimum absolute atomic E-state index is 0.322. The molecule has 0 saturated heterocycles. The Balaban J connectivity index is 1.83. The minimum atomic E-state index is 0.322. The van der Waals surface area contributed by atoms with Crippen molar-refractivity contribution in [3.8, 4) is 0 Å². The molecule has 1 aromatic rings. The van der Waals surface area contributed by atoms with Crippen LogP contribution < -0.4 is 16.4 Å². The van der Waals surface area contributed by atoms with Gasteiger partial charge >= 0.3 is 0 Å². The lowest BCUT2D eigenvalue weighted by Crippen LogP contribution is -2.16. The molecule has 0 bridgehead atoms. The monoisotopic (exact) mass is 249 g/mol. The van der Waals surface area contributed by atoms with Gasteiger partial charge in [0.1, 0.15) is 11.6 Å². The third-order valence-electron chi connectivity index (χ3n) is 3.38. The summed E-state index contributed by atoms with van der Waals surface area (Å²) in [5, 5.41) is 6.56. The normalized spacial score (nSPS) is 15.2. The quantitative estimate of drug-likeness (QED) is 0.692. The number of nitrogens with one attached hydrogen (secondary N) is 2. The van der Waals surface area contributed by atoms with Gasteiger partial charge in [-0.15, -0.1) is 0 Å². The molecule has 1 fully saturated rings. The first-order valence-corrected chi connectivity index (χ1v) is 6.90. The van der Waals surface area contributed by atoms with Crippen molar-refractivity contribution in [2.75, 3.05) is 29.5 Å². The maximum atomic E-state index is 5.70. The maximum absolute atomic E-state index is 5.70. The summed E-state index contributed by atoms with van der Waals surface area (Å²) in [5.41, 5.74) is 5.70. The highest BCUT2D eigenvalue weighted by Gasteiger charge is 2.16. The van der Waals surface area contributed by atoms with Crippen LogP contribution in [0.5, 0.6) is 0 Å². The first-order chi connectivity index (χ1) is 8.78. The molecule has 0 spiro atoms. The van der Waals surface area contributed by atoms with E-state index < -0.39 is 0 Å². The third-order valence-corrected chi connectivity index (χ3v) is 3.38. The second-order valence-corrected chi connectivity index (χ2v) is 4.94. The summed E-state index contributed by atoms with van der Waals surface area (Å²) in [6.45, 7) is 3.99. The Morgan fingerprint density at radius 3 is 2.44 bits per heavy atom. The summed E-state index contributed by atoms with van der Waals surface area (Å²) in [7, 11) is 0. The van der Waals surface area contributed by atoms with Gasteiger partial charge in [-0.25, -0.2) is 0 Å². The third kappa shape index (κ3) is 3.75. The van der Waals surface area contributed by atoms with Crippen LogP contribution in [0.3, 0.4) is 0 Å². The van der Waals surface area contributed by atoms with E-state index in [1.165, 1.54) is 25.7 Å². The molecule has 18 heavy (non-hydrogen) atoms. The van der Waals surface area contributed by atoms with Crippen LogP contribution in [-0.2, 0) is 0 Å². The van der Waals surface area contributed by atoms with Gasteiger partial charge in [0.2, 0.25) is 5.95 Å². The summed E-state index contributed by atoms with van der Waals surface area (Å²) in [5.74, 6) is 2.85. The lowest BCUT2D eigenvalue weighted by molar-refractivity contribution is 0.303. The number of rotatable bonds is 7. The summed E-state index contributed by atoms with van der Waals surface area (Å²) in [4.78, 5) is 8.36. The maximum Gasteiger partial charge on any atom is 0.223 e. The van der Waals surface area contributed by atoms with Crippen LogP contribution >= 0.6 is 0 Å². The zero-order valence-electron chi connectivity index (χ0n) is 11.1. The number of aromatic nitrogens is 2. The summed E-state index contributed by atoms with van der Waals surface area (Å²) >= 11 is 0. The van der Waals surface area contributed by atoms with E-state index in [1.54, 1.807) is 0 Å². The van der Waals surface area contributed by atoms with E-state index >= 15 is 0 Å². The highest BCUT2D eigenvalue weighted by atomic mass is 15.1. The van der Waals surface area contributed by atoms with Crippen LogP contribution in [0, 0.1) is 5.92 Å². The fraction of sp³-hybridized carbons (Fsp3) is 0.692. The molecule has 4 N–H and O–H groups in total. The highest BCUT2D eigenvalue weighted by molar-refractivity contribution is 5.50. The summed E-state index contributed by atoms with van der Waals surface area (Å²) < 4.78 is 0. The molecular formula is C13H23N5. The first kappa shape index (κ1) is 12.9. The largest absolute Gasteiger partial charge is 0.370 e. The molecule has 5 heteroatoms. The molecule has 1 aliphatic rings. The van der Waals surface area contributed by atoms with Crippen molar-refractivity contribution in [3.63, 3.8) is 0 Å². The van der Waals surface area contributed by atoms with Crippen LogP contribution in [0.15, 0.2) is 6.07 Å². The van der Waals surface area contributed by atoms with Crippen LogP contribution in [-0.4, -0.2) is 23.1 Å². The lowest BCUT2D eigenvalue weighted by Gasteiger charge is -2.25. The Kier molecular flexibility index (Phi) is 4.61. The second-order valence-electron chi connectivity index (χ2n) is 4.94. The van der Waals surface area contributed by atoms with Gasteiger partial charge in [0.15, 0.2) is 0 Å². The molecule has 0 aliphatic heterocycles. The Morgan fingerprint density at radius 2 is 1.89 bits per heavy atom. The van der Waals surface area contributed by atoms with Gasteiger partial charge in [0.25, 0.3) is 0 Å². The van der Waals surface area contributed by atoms with Gasteiger partial charge < -0.3 is 16.4 Å². The zero-order chi connectivity index (χ0) is 12.8. The van der Waals surface area contributed by atoms with Crippen molar-refractivity contribution >= 4 is 17.6 Å². The molecule has 1 aliphatic carbocycles. The Labute approximate surface area is 109 Å². The number of nitrogens with two attached hydrogens (primary N) is 1. The van der Waals surface area contributed by atoms with Crippen LogP contribution in [0.25, 0.3) is 0 Å². The molecule has 100 valence electrons. The van der Waals surface area contributed by atoms with Crippen molar-refractivity contribution in [1.29, 1.82) is 0 Å². The topological polar surface area (TPSA) is 75.9 Å². The predicted octanol–water partition coefficient (Wildman–Crippen LogP) is 2.48. The zero-order valence-corrected chi connectivity index (χ0v) is 11.1. The van der Waals surface area contributed by atoms with Crippen LogP contribution in [0.2, 0.25) is 0 Å². The smallest absolute Gasteiger partial charge is 0.223 e. The molecule has 1 saturated carbocycles. The average Bonchev–Trinajstić information content (AvgIpc) is 2.29. The van der Waals surface area contributed by atoms with E-state index in [1.807, 2.05) is 6.07 Å². The molecular weight excluding hydrogens is 226 g/mol. The Bertz CT molecular complexity index is 376. The SMILES string of the molecule is CCCNc1cc(NCCC2CCC2)nc(N)n1. The van der Waals surface area contributed by atoms with Gasteiger partial charge in [-0.1, -0.05) is 26.2 Å². The number of nitrogens with zero attached hydrogens (tertiary/aromatic N) is 2. The minimum Gasteiger partial charge on any atom is -0.370 e. The number of nitrogen functional groups attached to an aromatic ring is 1. The highest BCUT2D eigenvalue weighted by Crippen LogP contribution is 2.29. The van der Waals surface area contributed by atoms with Crippen molar-refractivity contribution in [2.24, 2.45) is 5.92 Å². The van der Waals surface area contributed by atoms with Crippen molar-refractivity contribution in [3.05, 3.63) is 6.07 Å². The molecule has 1 heterocycles. The molecule has 0 radical (unpaired) electrons.